The number of carboxylic acid groups (broad SMARTS) is 1. The summed E-state index contributed by atoms with van der Waals surface area (Å²) in [6.07, 6.45) is -0.471. The first-order chi connectivity index (χ1) is 10.1. The highest BCUT2D eigenvalue weighted by molar-refractivity contribution is 6.10. The Bertz CT molecular complexity index is 892. The second-order valence-corrected chi connectivity index (χ2v) is 4.61. The molecule has 3 rings (SSSR count). The number of benzene rings is 1. The van der Waals surface area contributed by atoms with Gasteiger partial charge in [0.1, 0.15) is 11.8 Å². The molecule has 2 N–H and O–H groups in total. The number of aromatic amines is 1. The highest BCUT2D eigenvalue weighted by Gasteiger charge is 2.18. The minimum Gasteiger partial charge on any atom is -0.450 e. The van der Waals surface area contributed by atoms with Crippen molar-refractivity contribution in [1.82, 2.24) is 9.97 Å². The molecule has 104 valence electrons. The molecule has 0 aliphatic heterocycles. The number of hydrogen-bond acceptors (Lipinski definition) is 4. The molecule has 21 heavy (non-hydrogen) atoms. The van der Waals surface area contributed by atoms with Crippen LogP contribution in [0.4, 0.5) is 4.79 Å². The van der Waals surface area contributed by atoms with Crippen molar-refractivity contribution in [2.24, 2.45) is 0 Å². The first-order valence-corrected chi connectivity index (χ1v) is 6.31. The lowest BCUT2D eigenvalue weighted by atomic mass is 10.1. The van der Waals surface area contributed by atoms with Gasteiger partial charge in [0.25, 0.3) is 0 Å². The maximum absolute atomic E-state index is 10.7. The van der Waals surface area contributed by atoms with E-state index in [9.17, 15) is 10.1 Å². The Kier molecular flexibility index (Phi) is 2.95. The lowest BCUT2D eigenvalue weighted by Gasteiger charge is -2.10. The summed E-state index contributed by atoms with van der Waals surface area (Å²) in [6.45, 7) is 1.62. The van der Waals surface area contributed by atoms with Crippen molar-refractivity contribution in [1.29, 1.82) is 5.26 Å². The Morgan fingerprint density at radius 3 is 3.00 bits per heavy atom. The molecular weight excluding hydrogens is 270 g/mol. The van der Waals surface area contributed by atoms with Crippen LogP contribution in [0.2, 0.25) is 0 Å². The van der Waals surface area contributed by atoms with Gasteiger partial charge in [0.15, 0.2) is 0 Å². The number of fused-ring (bicyclic) bond motifs is 3. The van der Waals surface area contributed by atoms with Crippen LogP contribution in [-0.4, -0.2) is 21.2 Å². The van der Waals surface area contributed by atoms with Crippen molar-refractivity contribution in [2.45, 2.75) is 13.0 Å². The van der Waals surface area contributed by atoms with Gasteiger partial charge < -0.3 is 14.8 Å². The number of nitrogens with one attached hydrogen (secondary N) is 1. The molecule has 6 nitrogen and oxygen atoms in total. The van der Waals surface area contributed by atoms with Crippen LogP contribution < -0.4 is 0 Å². The maximum Gasteiger partial charge on any atom is 0.506 e. The second-order valence-electron chi connectivity index (χ2n) is 4.61. The van der Waals surface area contributed by atoms with Crippen LogP contribution in [-0.2, 0) is 4.74 Å². The summed E-state index contributed by atoms with van der Waals surface area (Å²) in [5, 5.41) is 19.6. The third-order valence-corrected chi connectivity index (χ3v) is 3.36. The minimum absolute atomic E-state index is 0.495. The molecule has 0 aliphatic rings. The predicted molar refractivity (Wildman–Crippen MR) is 75.8 cm³/mol. The fourth-order valence-electron chi connectivity index (χ4n) is 2.51. The first kappa shape index (κ1) is 12.9. The fraction of sp³-hybridized carbons (Fsp3) is 0.133. The first-order valence-electron chi connectivity index (χ1n) is 6.31. The molecule has 6 heteroatoms. The van der Waals surface area contributed by atoms with Gasteiger partial charge in [-0.3, -0.25) is 4.98 Å². The van der Waals surface area contributed by atoms with E-state index in [-0.39, 0.29) is 0 Å². The molecule has 0 aliphatic carbocycles. The molecule has 0 bridgehead atoms. The van der Waals surface area contributed by atoms with Gasteiger partial charge in [0, 0.05) is 22.5 Å². The minimum atomic E-state index is -1.35. The van der Waals surface area contributed by atoms with Gasteiger partial charge in [0.2, 0.25) is 0 Å². The van der Waals surface area contributed by atoms with Crippen LogP contribution in [0.3, 0.4) is 0 Å². The van der Waals surface area contributed by atoms with E-state index >= 15 is 0 Å². The van der Waals surface area contributed by atoms with E-state index in [2.05, 4.69) is 16.0 Å². The number of aromatic nitrogens is 2. The number of ether oxygens (including phenoxy) is 1. The van der Waals surface area contributed by atoms with Gasteiger partial charge >= 0.3 is 6.16 Å². The molecule has 2 heterocycles. The smallest absolute Gasteiger partial charge is 0.450 e. The number of hydrogen-bond donors (Lipinski definition) is 2. The van der Waals surface area contributed by atoms with Crippen molar-refractivity contribution in [3.05, 3.63) is 41.7 Å². The van der Waals surface area contributed by atoms with Crippen LogP contribution >= 0.6 is 0 Å². The van der Waals surface area contributed by atoms with Gasteiger partial charge in [-0.05, 0) is 25.1 Å². The molecule has 0 saturated heterocycles. The highest BCUT2D eigenvalue weighted by atomic mass is 16.7. The number of pyridine rings is 1. The van der Waals surface area contributed by atoms with Crippen LogP contribution in [0.5, 0.6) is 0 Å². The number of nitrogens with zero attached hydrogens (tertiary/aromatic N) is 2. The van der Waals surface area contributed by atoms with Crippen molar-refractivity contribution < 1.29 is 14.6 Å². The normalized spacial score (nSPS) is 12.2. The van der Waals surface area contributed by atoms with Crippen molar-refractivity contribution in [3.8, 4) is 6.07 Å². The van der Waals surface area contributed by atoms with E-state index in [1.165, 1.54) is 0 Å². The van der Waals surface area contributed by atoms with E-state index in [1.54, 1.807) is 31.3 Å². The molecule has 1 aromatic carbocycles. The summed E-state index contributed by atoms with van der Waals surface area (Å²) in [5.41, 5.74) is 2.54. The Balaban J connectivity index is 2.30. The molecule has 0 saturated carbocycles. The zero-order valence-corrected chi connectivity index (χ0v) is 11.1. The lowest BCUT2D eigenvalue weighted by molar-refractivity contribution is 0.0576. The Morgan fingerprint density at radius 2 is 2.29 bits per heavy atom. The van der Waals surface area contributed by atoms with Crippen LogP contribution in [0, 0.1) is 11.3 Å². The van der Waals surface area contributed by atoms with E-state index < -0.39 is 12.3 Å². The van der Waals surface area contributed by atoms with Crippen LogP contribution in [0.15, 0.2) is 30.5 Å². The number of carbonyl (C=O) groups is 1. The molecule has 0 spiro atoms. The van der Waals surface area contributed by atoms with Crippen molar-refractivity contribution in [3.63, 3.8) is 0 Å². The van der Waals surface area contributed by atoms with Gasteiger partial charge in [-0.25, -0.2) is 4.79 Å². The standard InChI is InChI=1S/C15H11N3O3/c1-8(21-15(19)20)13-14-10(5-6-17-13)12-9(7-16)3-2-4-11(12)18-14/h2-6,8,18H,1H3,(H,19,20). The third kappa shape index (κ3) is 2.05. The van der Waals surface area contributed by atoms with E-state index in [4.69, 9.17) is 9.84 Å². The van der Waals surface area contributed by atoms with Gasteiger partial charge in [-0.2, -0.15) is 5.26 Å². The third-order valence-electron chi connectivity index (χ3n) is 3.36. The van der Waals surface area contributed by atoms with Crippen LogP contribution in [0.1, 0.15) is 24.3 Å². The summed E-state index contributed by atoms with van der Waals surface area (Å²) in [6, 6.07) is 9.36. The quantitative estimate of drug-likeness (QED) is 0.702. The summed E-state index contributed by atoms with van der Waals surface area (Å²) < 4.78 is 4.77. The SMILES string of the molecule is CC(OC(=O)O)c1nccc2c1[nH]c1cccc(C#N)c12. The second kappa shape index (κ2) is 4.80. The van der Waals surface area contributed by atoms with Gasteiger partial charge in [-0.15, -0.1) is 0 Å². The molecule has 1 unspecified atom stereocenters. The topological polar surface area (TPSA) is 99.0 Å². The molecule has 1 atom stereocenters. The molecule has 2 aromatic heterocycles. The molecule has 0 amide bonds. The summed E-state index contributed by atoms with van der Waals surface area (Å²) >= 11 is 0. The monoisotopic (exact) mass is 281 g/mol. The zero-order chi connectivity index (χ0) is 15.0. The van der Waals surface area contributed by atoms with E-state index in [1.807, 2.05) is 6.07 Å². The molecular formula is C15H11N3O3. The molecule has 0 radical (unpaired) electrons. The Labute approximate surface area is 119 Å². The summed E-state index contributed by atoms with van der Waals surface area (Å²) in [5.74, 6) is 0. The Hall–Kier alpha value is -3.07. The highest BCUT2D eigenvalue weighted by Crippen LogP contribution is 2.31. The van der Waals surface area contributed by atoms with E-state index in [0.717, 1.165) is 16.3 Å². The average molecular weight is 281 g/mol. The van der Waals surface area contributed by atoms with Crippen molar-refractivity contribution in [2.75, 3.05) is 0 Å². The number of nitriles is 1. The fourth-order valence-corrected chi connectivity index (χ4v) is 2.51. The Morgan fingerprint density at radius 1 is 1.48 bits per heavy atom. The summed E-state index contributed by atoms with van der Waals surface area (Å²) in [7, 11) is 0. The van der Waals surface area contributed by atoms with Crippen molar-refractivity contribution >= 4 is 28.0 Å². The predicted octanol–water partition coefficient (Wildman–Crippen LogP) is 3.34. The van der Waals surface area contributed by atoms with Crippen LogP contribution in [0.25, 0.3) is 21.8 Å². The maximum atomic E-state index is 10.7. The lowest BCUT2D eigenvalue weighted by Crippen LogP contribution is -2.07. The molecule has 0 fully saturated rings. The van der Waals surface area contributed by atoms with Gasteiger partial charge in [-0.1, -0.05) is 6.07 Å². The largest absolute Gasteiger partial charge is 0.506 e. The number of H-pyrrole nitrogens is 1. The van der Waals surface area contributed by atoms with Gasteiger partial charge in [0.05, 0.1) is 17.1 Å². The average Bonchev–Trinajstić information content (AvgIpc) is 2.84. The number of rotatable bonds is 2. The zero-order valence-electron chi connectivity index (χ0n) is 11.1. The summed E-state index contributed by atoms with van der Waals surface area (Å²) in [4.78, 5) is 18.1. The molecule has 3 aromatic rings. The van der Waals surface area contributed by atoms with E-state index in [0.29, 0.717) is 16.8 Å².